The van der Waals surface area contributed by atoms with Crippen molar-refractivity contribution in [2.45, 2.75) is 4.90 Å². The summed E-state index contributed by atoms with van der Waals surface area (Å²) in [5.74, 6) is -1.20. The van der Waals surface area contributed by atoms with Crippen LogP contribution in [0.15, 0.2) is 52.3 Å². The van der Waals surface area contributed by atoms with Crippen molar-refractivity contribution in [3.05, 3.63) is 69.3 Å². The van der Waals surface area contributed by atoms with Gasteiger partial charge in [-0.2, -0.15) is 0 Å². The van der Waals surface area contributed by atoms with Gasteiger partial charge >= 0.3 is 0 Å². The summed E-state index contributed by atoms with van der Waals surface area (Å²) in [7, 11) is 0. The number of carbonyl (C=O) groups excluding carboxylic acids is 3. The van der Waals surface area contributed by atoms with Gasteiger partial charge in [0.05, 0.1) is 15.5 Å². The third-order valence-corrected chi connectivity index (χ3v) is 6.04. The molecule has 0 bridgehead atoms. The van der Waals surface area contributed by atoms with Crippen LogP contribution in [0.2, 0.25) is 5.02 Å². The molecular weight excluding hydrogens is 435 g/mol. The molecule has 1 saturated heterocycles. The van der Waals surface area contributed by atoms with Crippen molar-refractivity contribution in [3.63, 3.8) is 0 Å². The van der Waals surface area contributed by atoms with Crippen LogP contribution in [0, 0.1) is 5.82 Å². The number of hydrogen-bond acceptors (Lipinski definition) is 5. The molecule has 1 heterocycles. The van der Waals surface area contributed by atoms with Crippen LogP contribution in [0.25, 0.3) is 6.08 Å². The monoisotopic (exact) mass is 450 g/mol. The zero-order valence-corrected chi connectivity index (χ0v) is 17.7. The minimum atomic E-state index is -0.444. The summed E-state index contributed by atoms with van der Waals surface area (Å²) in [6.45, 7) is 0.136. The van der Waals surface area contributed by atoms with E-state index in [0.29, 0.717) is 16.1 Å². The Balaban J connectivity index is 1.61. The molecule has 1 aliphatic rings. The Kier molecular flexibility index (Phi) is 7.00. The van der Waals surface area contributed by atoms with Gasteiger partial charge in [-0.05, 0) is 60.0 Å². The number of amides is 3. The predicted molar refractivity (Wildman–Crippen MR) is 115 cm³/mol. The maximum Gasteiger partial charge on any atom is 0.293 e. The molecule has 150 valence electrons. The van der Waals surface area contributed by atoms with Gasteiger partial charge in [0, 0.05) is 18.0 Å². The number of benzene rings is 2. The van der Waals surface area contributed by atoms with E-state index in [9.17, 15) is 18.8 Å². The van der Waals surface area contributed by atoms with Crippen LogP contribution in [0.4, 0.5) is 9.18 Å². The molecular formula is C20H16ClFN2O3S2. The minimum Gasteiger partial charge on any atom is -0.350 e. The van der Waals surface area contributed by atoms with Crippen molar-refractivity contribution in [3.8, 4) is 0 Å². The van der Waals surface area contributed by atoms with E-state index in [-0.39, 0.29) is 29.7 Å². The van der Waals surface area contributed by atoms with Gasteiger partial charge in [0.25, 0.3) is 17.1 Å². The molecule has 0 saturated carbocycles. The number of rotatable bonds is 6. The van der Waals surface area contributed by atoms with Crippen molar-refractivity contribution in [2.75, 3.05) is 19.3 Å². The smallest absolute Gasteiger partial charge is 0.293 e. The van der Waals surface area contributed by atoms with Gasteiger partial charge in [0.2, 0.25) is 0 Å². The second-order valence-electron chi connectivity index (χ2n) is 5.99. The number of halogens is 2. The molecule has 2 aromatic carbocycles. The summed E-state index contributed by atoms with van der Waals surface area (Å²) < 4.78 is 13.0. The Labute approximate surface area is 180 Å². The van der Waals surface area contributed by atoms with E-state index in [2.05, 4.69) is 5.32 Å². The molecule has 9 heteroatoms. The number of carbonyl (C=O) groups is 3. The lowest BCUT2D eigenvalue weighted by Gasteiger charge is -2.13. The molecule has 0 unspecified atom stereocenters. The summed E-state index contributed by atoms with van der Waals surface area (Å²) in [6.07, 6.45) is 3.43. The lowest BCUT2D eigenvalue weighted by molar-refractivity contribution is -0.122. The fourth-order valence-corrected chi connectivity index (χ4v) is 4.09. The topological polar surface area (TPSA) is 66.5 Å². The SMILES string of the molecule is CSc1ccc(Cl)c(C(=O)NCCN2C(=O)S/C(=C\c3ccc(F)cc3)C2=O)c1. The molecule has 0 spiro atoms. The van der Waals surface area contributed by atoms with Gasteiger partial charge in [0.1, 0.15) is 5.82 Å². The van der Waals surface area contributed by atoms with Gasteiger partial charge in [0.15, 0.2) is 0 Å². The highest BCUT2D eigenvalue weighted by Crippen LogP contribution is 2.32. The Morgan fingerprint density at radius 1 is 1.24 bits per heavy atom. The van der Waals surface area contributed by atoms with Gasteiger partial charge in [-0.25, -0.2) is 4.39 Å². The molecule has 0 aromatic heterocycles. The van der Waals surface area contributed by atoms with Gasteiger partial charge < -0.3 is 5.32 Å². The molecule has 29 heavy (non-hydrogen) atoms. The second-order valence-corrected chi connectivity index (χ2v) is 8.27. The Hall–Kier alpha value is -2.29. The summed E-state index contributed by atoms with van der Waals surface area (Å²) in [4.78, 5) is 39.2. The molecule has 0 radical (unpaired) electrons. The molecule has 5 nitrogen and oxygen atoms in total. The van der Waals surface area contributed by atoms with Crippen LogP contribution < -0.4 is 5.32 Å². The zero-order valence-electron chi connectivity index (χ0n) is 15.3. The number of hydrogen-bond donors (Lipinski definition) is 1. The molecule has 3 amide bonds. The van der Waals surface area contributed by atoms with Crippen molar-refractivity contribution in [2.24, 2.45) is 0 Å². The van der Waals surface area contributed by atoms with E-state index in [1.807, 2.05) is 12.3 Å². The highest BCUT2D eigenvalue weighted by molar-refractivity contribution is 8.18. The Bertz CT molecular complexity index is 996. The molecule has 2 aromatic rings. The third-order valence-electron chi connectivity index (χ3n) is 4.08. The quantitative estimate of drug-likeness (QED) is 0.511. The van der Waals surface area contributed by atoms with Crippen LogP contribution in [-0.2, 0) is 4.79 Å². The van der Waals surface area contributed by atoms with E-state index < -0.39 is 11.1 Å². The average molecular weight is 451 g/mol. The highest BCUT2D eigenvalue weighted by atomic mass is 35.5. The first-order valence-electron chi connectivity index (χ1n) is 8.51. The first-order chi connectivity index (χ1) is 13.9. The molecule has 1 aliphatic heterocycles. The van der Waals surface area contributed by atoms with E-state index in [4.69, 9.17) is 11.6 Å². The standard InChI is InChI=1S/C20H16ClFN2O3S2/c1-28-14-6-7-16(21)15(11-14)18(25)23-8-9-24-19(26)17(29-20(24)27)10-12-2-4-13(22)5-3-12/h2-7,10-11H,8-9H2,1H3,(H,23,25)/b17-10-. The van der Waals surface area contributed by atoms with Crippen molar-refractivity contribution < 1.29 is 18.8 Å². The number of thioether (sulfide) groups is 2. The summed E-state index contributed by atoms with van der Waals surface area (Å²) in [6, 6.07) is 10.8. The van der Waals surface area contributed by atoms with E-state index >= 15 is 0 Å². The largest absolute Gasteiger partial charge is 0.350 e. The van der Waals surface area contributed by atoms with Crippen LogP contribution in [0.5, 0.6) is 0 Å². The molecule has 1 fully saturated rings. The minimum absolute atomic E-state index is 0.0387. The van der Waals surface area contributed by atoms with E-state index in [0.717, 1.165) is 21.6 Å². The third kappa shape index (κ3) is 5.20. The number of nitrogens with zero attached hydrogens (tertiary/aromatic N) is 1. The fourth-order valence-electron chi connectivity index (χ4n) is 2.58. The lowest BCUT2D eigenvalue weighted by atomic mass is 10.2. The first-order valence-corrected chi connectivity index (χ1v) is 10.9. The van der Waals surface area contributed by atoms with Crippen LogP contribution >= 0.6 is 35.1 Å². The van der Waals surface area contributed by atoms with Gasteiger partial charge in [-0.1, -0.05) is 23.7 Å². The molecule has 0 aliphatic carbocycles. The van der Waals surface area contributed by atoms with Gasteiger partial charge in [-0.3, -0.25) is 19.3 Å². The zero-order chi connectivity index (χ0) is 21.0. The lowest BCUT2D eigenvalue weighted by Crippen LogP contribution is -2.37. The van der Waals surface area contributed by atoms with Crippen LogP contribution in [0.3, 0.4) is 0 Å². The number of imide groups is 1. The van der Waals surface area contributed by atoms with Crippen molar-refractivity contribution >= 4 is 58.3 Å². The van der Waals surface area contributed by atoms with Crippen LogP contribution in [-0.4, -0.2) is 41.3 Å². The van der Waals surface area contributed by atoms with E-state index in [1.54, 1.807) is 12.1 Å². The molecule has 0 atom stereocenters. The summed E-state index contributed by atoms with van der Waals surface area (Å²) in [5.41, 5.74) is 0.956. The Morgan fingerprint density at radius 2 is 1.97 bits per heavy atom. The maximum absolute atomic E-state index is 13.0. The average Bonchev–Trinajstić information content (AvgIpc) is 2.97. The molecule has 1 N–H and O–H groups in total. The maximum atomic E-state index is 13.0. The summed E-state index contributed by atoms with van der Waals surface area (Å²) in [5, 5.41) is 2.59. The molecule has 3 rings (SSSR count). The summed E-state index contributed by atoms with van der Waals surface area (Å²) >= 11 is 8.38. The highest BCUT2D eigenvalue weighted by Gasteiger charge is 2.34. The first kappa shape index (κ1) is 21.4. The van der Waals surface area contributed by atoms with Gasteiger partial charge in [-0.15, -0.1) is 11.8 Å². The van der Waals surface area contributed by atoms with Crippen molar-refractivity contribution in [1.82, 2.24) is 10.2 Å². The van der Waals surface area contributed by atoms with Crippen molar-refractivity contribution in [1.29, 1.82) is 0 Å². The fraction of sp³-hybridized carbons (Fsp3) is 0.150. The number of nitrogens with one attached hydrogen (secondary N) is 1. The van der Waals surface area contributed by atoms with E-state index in [1.165, 1.54) is 42.1 Å². The predicted octanol–water partition coefficient (Wildman–Crippen LogP) is 4.67. The Morgan fingerprint density at radius 3 is 2.66 bits per heavy atom. The normalized spacial score (nSPS) is 15.3. The van der Waals surface area contributed by atoms with Crippen LogP contribution in [0.1, 0.15) is 15.9 Å². The second kappa shape index (κ2) is 9.47.